The van der Waals surface area contributed by atoms with Gasteiger partial charge in [0.2, 0.25) is 5.82 Å². The number of alkyl halides is 3. The predicted octanol–water partition coefficient (Wildman–Crippen LogP) is 4.76. The second kappa shape index (κ2) is 6.16. The molecular weight excluding hydrogens is 343 g/mol. The van der Waals surface area contributed by atoms with Crippen LogP contribution in [0.4, 0.5) is 19.0 Å². The summed E-state index contributed by atoms with van der Waals surface area (Å²) in [6.07, 6.45) is -3.76. The van der Waals surface area contributed by atoms with Crippen LogP contribution in [0.5, 0.6) is 5.75 Å². The number of anilines is 1. The van der Waals surface area contributed by atoms with Crippen LogP contribution in [0, 0.1) is 0 Å². The van der Waals surface area contributed by atoms with E-state index < -0.39 is 12.0 Å². The first kappa shape index (κ1) is 16.6. The molecule has 1 unspecified atom stereocenters. The second-order valence-electron chi connectivity index (χ2n) is 6.24. The molecule has 0 amide bonds. The van der Waals surface area contributed by atoms with E-state index in [1.54, 1.807) is 24.3 Å². The van der Waals surface area contributed by atoms with Crippen molar-refractivity contribution in [1.29, 1.82) is 0 Å². The van der Waals surface area contributed by atoms with Gasteiger partial charge in [-0.05, 0) is 42.3 Å². The lowest BCUT2D eigenvalue weighted by Gasteiger charge is -2.18. The van der Waals surface area contributed by atoms with Gasteiger partial charge < -0.3 is 10.1 Å². The van der Waals surface area contributed by atoms with E-state index in [9.17, 15) is 13.2 Å². The second-order valence-corrected chi connectivity index (χ2v) is 6.24. The highest BCUT2D eigenvalue weighted by atomic mass is 19.4. The first-order valence-electron chi connectivity index (χ1n) is 8.28. The van der Waals surface area contributed by atoms with Gasteiger partial charge in [-0.2, -0.15) is 13.2 Å². The fourth-order valence-electron chi connectivity index (χ4n) is 3.08. The summed E-state index contributed by atoms with van der Waals surface area (Å²) in [5, 5.41) is 3.67. The third kappa shape index (κ3) is 3.05. The normalized spacial score (nSPS) is 14.8. The van der Waals surface area contributed by atoms with Crippen LogP contribution in [-0.4, -0.2) is 16.6 Å². The van der Waals surface area contributed by atoms with Crippen LogP contribution in [0.1, 0.15) is 29.9 Å². The van der Waals surface area contributed by atoms with Crippen molar-refractivity contribution >= 4 is 16.7 Å². The van der Waals surface area contributed by atoms with E-state index in [1.165, 1.54) is 0 Å². The number of benzene rings is 2. The minimum absolute atomic E-state index is 0.173. The molecule has 0 bridgehead atoms. The summed E-state index contributed by atoms with van der Waals surface area (Å²) in [4.78, 5) is 7.38. The van der Waals surface area contributed by atoms with Crippen molar-refractivity contribution in [3.8, 4) is 5.75 Å². The lowest BCUT2D eigenvalue weighted by molar-refractivity contribution is -0.144. The molecule has 4 nitrogen and oxygen atoms in total. The fraction of sp³-hybridized carbons (Fsp3) is 0.263. The monoisotopic (exact) mass is 359 g/mol. The molecule has 0 aliphatic carbocycles. The number of rotatable bonds is 3. The zero-order valence-corrected chi connectivity index (χ0v) is 14.0. The number of fused-ring (bicyclic) bond motifs is 2. The van der Waals surface area contributed by atoms with Gasteiger partial charge in [0.25, 0.3) is 0 Å². The first-order chi connectivity index (χ1) is 12.4. The number of nitrogens with one attached hydrogen (secondary N) is 1. The molecule has 2 heterocycles. The molecule has 7 heteroatoms. The lowest BCUT2D eigenvalue weighted by Crippen LogP contribution is -2.15. The summed E-state index contributed by atoms with van der Waals surface area (Å²) >= 11 is 0. The van der Waals surface area contributed by atoms with E-state index >= 15 is 0 Å². The molecule has 3 aromatic rings. The highest BCUT2D eigenvalue weighted by molar-refractivity contribution is 5.89. The topological polar surface area (TPSA) is 47.0 Å². The number of para-hydroxylation sites is 1. The number of aromatic nitrogens is 2. The van der Waals surface area contributed by atoms with Crippen molar-refractivity contribution in [3.05, 3.63) is 59.4 Å². The van der Waals surface area contributed by atoms with Crippen LogP contribution >= 0.6 is 0 Å². The molecule has 0 saturated carbocycles. The van der Waals surface area contributed by atoms with Gasteiger partial charge in [-0.1, -0.05) is 18.2 Å². The SMILES string of the molecule is CC(Nc1nc(C(F)(F)F)nc2ccccc12)c1ccc2c(c1)CCO2. The highest BCUT2D eigenvalue weighted by Gasteiger charge is 2.35. The van der Waals surface area contributed by atoms with Crippen LogP contribution < -0.4 is 10.1 Å². The molecule has 1 N–H and O–H groups in total. The number of hydrogen-bond donors (Lipinski definition) is 1. The Labute approximate surface area is 148 Å². The zero-order chi connectivity index (χ0) is 18.3. The summed E-state index contributed by atoms with van der Waals surface area (Å²) in [5.41, 5.74) is 2.33. The van der Waals surface area contributed by atoms with Gasteiger partial charge in [0, 0.05) is 17.8 Å². The molecule has 1 atom stereocenters. The van der Waals surface area contributed by atoms with Crippen molar-refractivity contribution in [2.45, 2.75) is 25.6 Å². The van der Waals surface area contributed by atoms with Crippen molar-refractivity contribution in [2.75, 3.05) is 11.9 Å². The maximum atomic E-state index is 13.1. The van der Waals surface area contributed by atoms with Crippen LogP contribution in [0.2, 0.25) is 0 Å². The Bertz CT molecular complexity index is 972. The van der Waals surface area contributed by atoms with Gasteiger partial charge in [0.05, 0.1) is 12.1 Å². The summed E-state index contributed by atoms with van der Waals surface area (Å²) in [6, 6.07) is 12.3. The summed E-state index contributed by atoms with van der Waals surface area (Å²) in [5.74, 6) is -0.103. The van der Waals surface area contributed by atoms with E-state index in [-0.39, 0.29) is 17.4 Å². The first-order valence-corrected chi connectivity index (χ1v) is 8.28. The van der Waals surface area contributed by atoms with E-state index in [4.69, 9.17) is 4.74 Å². The Hall–Kier alpha value is -2.83. The van der Waals surface area contributed by atoms with Crippen LogP contribution in [0.15, 0.2) is 42.5 Å². The van der Waals surface area contributed by atoms with Crippen LogP contribution in [0.25, 0.3) is 10.9 Å². The Kier molecular flexibility index (Phi) is 3.94. The summed E-state index contributed by atoms with van der Waals surface area (Å²) in [6.45, 7) is 2.55. The van der Waals surface area contributed by atoms with E-state index in [0.717, 1.165) is 23.3 Å². The minimum Gasteiger partial charge on any atom is -0.493 e. The average Bonchev–Trinajstić information content (AvgIpc) is 3.08. The Morgan fingerprint density at radius 1 is 1.12 bits per heavy atom. The minimum atomic E-state index is -4.60. The molecule has 1 aliphatic heterocycles. The summed E-state index contributed by atoms with van der Waals surface area (Å²) in [7, 11) is 0. The van der Waals surface area contributed by atoms with Gasteiger partial charge in [-0.3, -0.25) is 0 Å². The van der Waals surface area contributed by atoms with Gasteiger partial charge in [0.1, 0.15) is 11.6 Å². The molecule has 0 saturated heterocycles. The van der Waals surface area contributed by atoms with Gasteiger partial charge in [-0.25, -0.2) is 9.97 Å². The molecular formula is C19H16F3N3O. The Morgan fingerprint density at radius 3 is 2.73 bits per heavy atom. The quantitative estimate of drug-likeness (QED) is 0.733. The van der Waals surface area contributed by atoms with E-state index in [0.29, 0.717) is 12.0 Å². The molecule has 1 aromatic heterocycles. The van der Waals surface area contributed by atoms with Crippen molar-refractivity contribution in [1.82, 2.24) is 9.97 Å². The Morgan fingerprint density at radius 2 is 1.92 bits per heavy atom. The van der Waals surface area contributed by atoms with Gasteiger partial charge >= 0.3 is 6.18 Å². The Balaban J connectivity index is 1.72. The van der Waals surface area contributed by atoms with Gasteiger partial charge in [0.15, 0.2) is 0 Å². The van der Waals surface area contributed by atoms with E-state index in [2.05, 4.69) is 15.3 Å². The highest BCUT2D eigenvalue weighted by Crippen LogP contribution is 2.33. The van der Waals surface area contributed by atoms with Crippen molar-refractivity contribution in [2.24, 2.45) is 0 Å². The van der Waals surface area contributed by atoms with Crippen LogP contribution in [0.3, 0.4) is 0 Å². The molecule has 26 heavy (non-hydrogen) atoms. The van der Waals surface area contributed by atoms with Crippen molar-refractivity contribution in [3.63, 3.8) is 0 Å². The number of halogens is 3. The number of hydrogen-bond acceptors (Lipinski definition) is 4. The molecule has 4 rings (SSSR count). The largest absolute Gasteiger partial charge is 0.493 e. The van der Waals surface area contributed by atoms with Crippen LogP contribution in [-0.2, 0) is 12.6 Å². The predicted molar refractivity (Wildman–Crippen MR) is 92.2 cm³/mol. The number of nitrogens with zero attached hydrogens (tertiary/aromatic N) is 2. The average molecular weight is 359 g/mol. The zero-order valence-electron chi connectivity index (χ0n) is 14.0. The fourth-order valence-corrected chi connectivity index (χ4v) is 3.08. The van der Waals surface area contributed by atoms with Crippen molar-refractivity contribution < 1.29 is 17.9 Å². The smallest absolute Gasteiger partial charge is 0.451 e. The molecule has 2 aromatic carbocycles. The molecule has 0 fully saturated rings. The maximum absolute atomic E-state index is 13.1. The standard InChI is InChI=1S/C19H16F3N3O/c1-11(12-6-7-16-13(10-12)8-9-26-16)23-17-14-4-2-3-5-15(14)24-18(25-17)19(20,21)22/h2-7,10-11H,8-9H2,1H3,(H,23,24,25). The molecule has 0 spiro atoms. The maximum Gasteiger partial charge on any atom is 0.451 e. The molecule has 134 valence electrons. The third-order valence-electron chi connectivity index (χ3n) is 4.42. The molecule has 1 aliphatic rings. The number of ether oxygens (including phenoxy) is 1. The summed E-state index contributed by atoms with van der Waals surface area (Å²) < 4.78 is 44.9. The molecule has 0 radical (unpaired) electrons. The van der Waals surface area contributed by atoms with Gasteiger partial charge in [-0.15, -0.1) is 0 Å². The third-order valence-corrected chi connectivity index (χ3v) is 4.42. The van der Waals surface area contributed by atoms with E-state index in [1.807, 2.05) is 25.1 Å². The lowest BCUT2D eigenvalue weighted by atomic mass is 10.0.